The van der Waals surface area contributed by atoms with Gasteiger partial charge in [0.25, 0.3) is 0 Å². The maximum atomic E-state index is 6.64. The Hall–Kier alpha value is -1.94. The molecule has 0 saturated carbocycles. The van der Waals surface area contributed by atoms with E-state index in [-0.39, 0.29) is 5.92 Å². The molecule has 0 radical (unpaired) electrons. The first kappa shape index (κ1) is 19.4. The van der Waals surface area contributed by atoms with Gasteiger partial charge in [-0.1, -0.05) is 57.3 Å². The van der Waals surface area contributed by atoms with Gasteiger partial charge in [-0.05, 0) is 59.2 Å². The highest BCUT2D eigenvalue weighted by Gasteiger charge is 2.23. The van der Waals surface area contributed by atoms with Crippen molar-refractivity contribution in [3.05, 3.63) is 98.1 Å². The van der Waals surface area contributed by atoms with Crippen LogP contribution < -0.4 is 4.90 Å². The van der Waals surface area contributed by atoms with Crippen molar-refractivity contribution in [1.82, 2.24) is 4.98 Å². The van der Waals surface area contributed by atoms with Gasteiger partial charge in [0.05, 0.1) is 0 Å². The quantitative estimate of drug-likeness (QED) is 0.325. The number of aromatic nitrogens is 1. The largest absolute Gasteiger partial charge is 0.378 e. The standard InChI is InChI=1S/C23H19BrCl2N2/c1-28(2)17-7-3-14(4-8-17)23(18-9-6-16(25)12-21(18)26)20-13-27-22-10-5-15(24)11-19(20)22/h3-13,23,27H,1-2H3. The number of fused-ring (bicyclic) bond motifs is 1. The number of nitrogens with one attached hydrogen (secondary N) is 1. The Bertz CT molecular complexity index is 1130. The third kappa shape index (κ3) is 3.67. The summed E-state index contributed by atoms with van der Waals surface area (Å²) in [7, 11) is 4.08. The van der Waals surface area contributed by atoms with Crippen LogP contribution >= 0.6 is 39.1 Å². The number of anilines is 1. The van der Waals surface area contributed by atoms with Crippen molar-refractivity contribution in [3.63, 3.8) is 0 Å². The molecule has 0 amide bonds. The molecular formula is C23H19BrCl2N2. The van der Waals surface area contributed by atoms with Crippen LogP contribution in [0.2, 0.25) is 10.0 Å². The van der Waals surface area contributed by atoms with Crippen molar-refractivity contribution >= 4 is 55.7 Å². The van der Waals surface area contributed by atoms with Crippen LogP contribution in [-0.4, -0.2) is 19.1 Å². The summed E-state index contributed by atoms with van der Waals surface area (Å²) in [5.41, 5.74) is 5.64. The van der Waals surface area contributed by atoms with Crippen LogP contribution in [0.3, 0.4) is 0 Å². The highest BCUT2D eigenvalue weighted by Crippen LogP contribution is 2.40. The van der Waals surface area contributed by atoms with Gasteiger partial charge in [-0.15, -0.1) is 0 Å². The topological polar surface area (TPSA) is 19.0 Å². The Labute approximate surface area is 183 Å². The molecule has 1 N–H and O–H groups in total. The summed E-state index contributed by atoms with van der Waals surface area (Å²) in [6.07, 6.45) is 2.08. The Morgan fingerprint density at radius 2 is 1.64 bits per heavy atom. The van der Waals surface area contributed by atoms with E-state index in [1.807, 2.05) is 38.4 Å². The zero-order chi connectivity index (χ0) is 19.8. The summed E-state index contributed by atoms with van der Waals surface area (Å²) in [4.78, 5) is 5.49. The summed E-state index contributed by atoms with van der Waals surface area (Å²) >= 11 is 16.4. The first-order valence-corrected chi connectivity index (χ1v) is 10.5. The van der Waals surface area contributed by atoms with Crippen LogP contribution in [0, 0.1) is 0 Å². The van der Waals surface area contributed by atoms with E-state index in [0.717, 1.165) is 21.2 Å². The molecule has 1 unspecified atom stereocenters. The Morgan fingerprint density at radius 1 is 0.893 bits per heavy atom. The first-order chi connectivity index (χ1) is 13.4. The number of nitrogens with zero attached hydrogens (tertiary/aromatic N) is 1. The van der Waals surface area contributed by atoms with Gasteiger partial charge in [0.2, 0.25) is 0 Å². The predicted octanol–water partition coefficient (Wildman–Crippen LogP) is 7.48. The average molecular weight is 474 g/mol. The van der Waals surface area contributed by atoms with Gasteiger partial charge in [0.1, 0.15) is 0 Å². The van der Waals surface area contributed by atoms with Gasteiger partial charge in [0.15, 0.2) is 0 Å². The number of aromatic amines is 1. The monoisotopic (exact) mass is 472 g/mol. The second kappa shape index (κ2) is 7.82. The van der Waals surface area contributed by atoms with Crippen LogP contribution in [0.25, 0.3) is 10.9 Å². The van der Waals surface area contributed by atoms with E-state index in [9.17, 15) is 0 Å². The lowest BCUT2D eigenvalue weighted by atomic mass is 9.85. The second-order valence-corrected chi connectivity index (χ2v) is 8.78. The van der Waals surface area contributed by atoms with Crippen LogP contribution in [0.5, 0.6) is 0 Å². The highest BCUT2D eigenvalue weighted by atomic mass is 79.9. The zero-order valence-electron chi connectivity index (χ0n) is 15.5. The van der Waals surface area contributed by atoms with Gasteiger partial charge >= 0.3 is 0 Å². The van der Waals surface area contributed by atoms with Crippen molar-refractivity contribution < 1.29 is 0 Å². The summed E-state index contributed by atoms with van der Waals surface area (Å²) in [6, 6.07) is 20.6. The molecule has 2 nitrogen and oxygen atoms in total. The molecule has 142 valence electrons. The first-order valence-electron chi connectivity index (χ1n) is 8.93. The molecule has 0 aliphatic rings. The van der Waals surface area contributed by atoms with Gasteiger partial charge in [-0.25, -0.2) is 0 Å². The lowest BCUT2D eigenvalue weighted by molar-refractivity contribution is 0.985. The SMILES string of the molecule is CN(C)c1ccc(C(c2ccc(Cl)cc2Cl)c2c[nH]c3ccc(Br)cc23)cc1. The van der Waals surface area contributed by atoms with E-state index in [2.05, 4.69) is 68.4 Å². The van der Waals surface area contributed by atoms with E-state index < -0.39 is 0 Å². The fraction of sp³-hybridized carbons (Fsp3) is 0.130. The molecular weight excluding hydrogens is 455 g/mol. The molecule has 0 spiro atoms. The van der Waals surface area contributed by atoms with E-state index in [4.69, 9.17) is 23.2 Å². The van der Waals surface area contributed by atoms with Crippen LogP contribution in [0.4, 0.5) is 5.69 Å². The van der Waals surface area contributed by atoms with Crippen LogP contribution in [-0.2, 0) is 0 Å². The molecule has 3 aromatic carbocycles. The van der Waals surface area contributed by atoms with Crippen molar-refractivity contribution in [1.29, 1.82) is 0 Å². The minimum absolute atomic E-state index is 0.0102. The number of benzene rings is 3. The third-order valence-corrected chi connectivity index (χ3v) is 6.06. The summed E-state index contributed by atoms with van der Waals surface area (Å²) in [6.45, 7) is 0. The molecule has 0 aliphatic carbocycles. The molecule has 4 aromatic rings. The molecule has 28 heavy (non-hydrogen) atoms. The van der Waals surface area contributed by atoms with E-state index in [1.165, 1.54) is 16.5 Å². The lowest BCUT2D eigenvalue weighted by Gasteiger charge is -2.21. The number of halogens is 3. The molecule has 4 rings (SSSR count). The average Bonchev–Trinajstić information content (AvgIpc) is 3.07. The number of H-pyrrole nitrogens is 1. The number of hydrogen-bond acceptors (Lipinski definition) is 1. The van der Waals surface area contributed by atoms with Gasteiger partial charge in [0, 0.05) is 57.3 Å². The summed E-state index contributed by atoms with van der Waals surface area (Å²) in [5.74, 6) is -0.0102. The van der Waals surface area contributed by atoms with Crippen molar-refractivity contribution in [2.45, 2.75) is 5.92 Å². The minimum Gasteiger partial charge on any atom is -0.378 e. The maximum Gasteiger partial charge on any atom is 0.0462 e. The van der Waals surface area contributed by atoms with Crippen molar-refractivity contribution in [3.8, 4) is 0 Å². The van der Waals surface area contributed by atoms with E-state index in [0.29, 0.717) is 10.0 Å². The fourth-order valence-corrected chi connectivity index (χ4v) is 4.46. The molecule has 5 heteroatoms. The van der Waals surface area contributed by atoms with E-state index in [1.54, 1.807) is 0 Å². The summed E-state index contributed by atoms with van der Waals surface area (Å²) in [5, 5.41) is 2.47. The summed E-state index contributed by atoms with van der Waals surface area (Å²) < 4.78 is 1.05. The Kier molecular flexibility index (Phi) is 5.42. The normalized spacial score (nSPS) is 12.3. The molecule has 1 atom stereocenters. The smallest absolute Gasteiger partial charge is 0.0462 e. The molecule has 0 bridgehead atoms. The van der Waals surface area contributed by atoms with E-state index >= 15 is 0 Å². The Balaban J connectivity index is 1.94. The fourth-order valence-electron chi connectivity index (χ4n) is 3.58. The van der Waals surface area contributed by atoms with Gasteiger partial charge in [-0.2, -0.15) is 0 Å². The zero-order valence-corrected chi connectivity index (χ0v) is 18.6. The number of hydrogen-bond donors (Lipinski definition) is 1. The molecule has 1 heterocycles. The molecule has 1 aromatic heterocycles. The van der Waals surface area contributed by atoms with Crippen molar-refractivity contribution in [2.24, 2.45) is 0 Å². The minimum atomic E-state index is -0.0102. The molecule has 0 saturated heterocycles. The molecule has 0 fully saturated rings. The highest BCUT2D eigenvalue weighted by molar-refractivity contribution is 9.10. The maximum absolute atomic E-state index is 6.64. The predicted molar refractivity (Wildman–Crippen MR) is 124 cm³/mol. The van der Waals surface area contributed by atoms with Crippen LogP contribution in [0.1, 0.15) is 22.6 Å². The van der Waals surface area contributed by atoms with Crippen LogP contribution in [0.15, 0.2) is 71.3 Å². The van der Waals surface area contributed by atoms with Gasteiger partial charge in [-0.3, -0.25) is 0 Å². The Morgan fingerprint density at radius 3 is 2.32 bits per heavy atom. The second-order valence-electron chi connectivity index (χ2n) is 7.02. The van der Waals surface area contributed by atoms with Gasteiger partial charge < -0.3 is 9.88 Å². The molecule has 0 aliphatic heterocycles. The lowest BCUT2D eigenvalue weighted by Crippen LogP contribution is -2.09. The number of rotatable bonds is 4. The third-order valence-electron chi connectivity index (χ3n) is 5.00. The van der Waals surface area contributed by atoms with Crippen molar-refractivity contribution in [2.75, 3.05) is 19.0 Å².